The van der Waals surface area contributed by atoms with Crippen LogP contribution in [-0.2, 0) is 16.4 Å². The zero-order chi connectivity index (χ0) is 22.8. The Labute approximate surface area is 193 Å². The van der Waals surface area contributed by atoms with Crippen LogP contribution in [0, 0.1) is 0 Å². The number of hydrogen-bond donors (Lipinski definition) is 0. The summed E-state index contributed by atoms with van der Waals surface area (Å²) in [7, 11) is 0.735. The third-order valence-corrected chi connectivity index (χ3v) is 7.56. The first kappa shape index (κ1) is 23.7. The third-order valence-electron chi connectivity index (χ3n) is 5.25. The highest BCUT2D eigenvalue weighted by molar-refractivity contribution is 7.91. The van der Waals surface area contributed by atoms with E-state index >= 15 is 0 Å². The maximum atomic E-state index is 13.5. The normalized spacial score (nSPS) is 17.4. The van der Waals surface area contributed by atoms with Gasteiger partial charge in [0.05, 0.1) is 28.2 Å². The Balaban J connectivity index is 1.93. The molecule has 2 aromatic rings. The van der Waals surface area contributed by atoms with Gasteiger partial charge in [-0.05, 0) is 43.2 Å². The van der Waals surface area contributed by atoms with Crippen LogP contribution in [0.4, 0.5) is 5.69 Å². The van der Waals surface area contributed by atoms with E-state index < -0.39 is 15.9 Å². The van der Waals surface area contributed by atoms with E-state index in [1.807, 2.05) is 50.2 Å². The summed E-state index contributed by atoms with van der Waals surface area (Å²) in [6.45, 7) is 2.49. The van der Waals surface area contributed by atoms with E-state index in [1.165, 1.54) is 12.1 Å². The number of hydrogen-bond acceptors (Lipinski definition) is 5. The summed E-state index contributed by atoms with van der Waals surface area (Å²) in [6, 6.07) is 10.4. The van der Waals surface area contributed by atoms with Gasteiger partial charge in [-0.1, -0.05) is 35.3 Å². The van der Waals surface area contributed by atoms with Crippen LogP contribution in [0.1, 0.15) is 29.3 Å². The number of ether oxygens (including phenoxy) is 1. The number of nitrogens with zero attached hydrogens (tertiary/aromatic N) is 2. The predicted molar refractivity (Wildman–Crippen MR) is 125 cm³/mol. The maximum Gasteiger partial charge on any atom is 0.254 e. The van der Waals surface area contributed by atoms with Gasteiger partial charge in [-0.3, -0.25) is 4.79 Å². The average molecular weight is 485 g/mol. The molecule has 3 rings (SSSR count). The molecule has 1 atom stereocenters. The molecule has 1 saturated heterocycles. The number of rotatable bonds is 7. The van der Waals surface area contributed by atoms with Crippen molar-refractivity contribution in [2.24, 2.45) is 0 Å². The van der Waals surface area contributed by atoms with Crippen LogP contribution < -0.4 is 9.64 Å². The number of amides is 1. The fourth-order valence-corrected chi connectivity index (χ4v) is 5.94. The van der Waals surface area contributed by atoms with Crippen molar-refractivity contribution < 1.29 is 17.9 Å². The Morgan fingerprint density at radius 2 is 1.74 bits per heavy atom. The summed E-state index contributed by atoms with van der Waals surface area (Å²) in [5, 5.41) is 0.485. The minimum atomic E-state index is -3.17. The van der Waals surface area contributed by atoms with Crippen LogP contribution in [0.25, 0.3) is 0 Å². The van der Waals surface area contributed by atoms with Gasteiger partial charge in [0.25, 0.3) is 5.91 Å². The van der Waals surface area contributed by atoms with Crippen molar-refractivity contribution >= 4 is 44.6 Å². The molecule has 168 valence electrons. The smallest absolute Gasteiger partial charge is 0.254 e. The van der Waals surface area contributed by atoms with Crippen molar-refractivity contribution in [3.05, 3.63) is 57.6 Å². The number of halogens is 2. The summed E-state index contributed by atoms with van der Waals surface area (Å²) in [4.78, 5) is 17.1. The molecule has 31 heavy (non-hydrogen) atoms. The second kappa shape index (κ2) is 9.67. The standard InChI is InChI=1S/C22H26Cl2N2O4S/c1-4-30-21-19(23)11-16(12-20(21)24)22(27)26(18-9-10-31(28,29)14-18)13-15-5-7-17(8-6-15)25(2)3/h5-8,11-12,18H,4,9-10,13-14H2,1-3H3/t18-/m0/s1. The molecule has 0 radical (unpaired) electrons. The van der Waals surface area contributed by atoms with E-state index in [0.29, 0.717) is 24.3 Å². The molecule has 1 amide bonds. The second-order valence-electron chi connectivity index (χ2n) is 7.75. The molecule has 9 heteroatoms. The lowest BCUT2D eigenvalue weighted by Crippen LogP contribution is -2.40. The molecular weight excluding hydrogens is 459 g/mol. The summed E-state index contributed by atoms with van der Waals surface area (Å²) in [6.07, 6.45) is 0.405. The molecule has 0 spiro atoms. The highest BCUT2D eigenvalue weighted by atomic mass is 35.5. The molecule has 1 aliphatic heterocycles. The van der Waals surface area contributed by atoms with Crippen molar-refractivity contribution in [2.45, 2.75) is 25.9 Å². The van der Waals surface area contributed by atoms with Crippen molar-refractivity contribution in [2.75, 3.05) is 37.1 Å². The quantitative estimate of drug-likeness (QED) is 0.586. The minimum Gasteiger partial charge on any atom is -0.491 e. The molecule has 2 aromatic carbocycles. The maximum absolute atomic E-state index is 13.5. The van der Waals surface area contributed by atoms with Gasteiger partial charge in [-0.15, -0.1) is 0 Å². The van der Waals surface area contributed by atoms with Crippen molar-refractivity contribution in [3.8, 4) is 5.75 Å². The molecule has 0 saturated carbocycles. The van der Waals surface area contributed by atoms with E-state index in [9.17, 15) is 13.2 Å². The van der Waals surface area contributed by atoms with Gasteiger partial charge in [0.1, 0.15) is 0 Å². The minimum absolute atomic E-state index is 0.0486. The van der Waals surface area contributed by atoms with Gasteiger partial charge in [-0.2, -0.15) is 0 Å². The second-order valence-corrected chi connectivity index (χ2v) is 10.8. The van der Waals surface area contributed by atoms with Crippen LogP contribution >= 0.6 is 23.2 Å². The summed E-state index contributed by atoms with van der Waals surface area (Å²) < 4.78 is 29.6. The van der Waals surface area contributed by atoms with Gasteiger partial charge >= 0.3 is 0 Å². The number of benzene rings is 2. The highest BCUT2D eigenvalue weighted by Crippen LogP contribution is 2.35. The summed E-state index contributed by atoms with van der Waals surface area (Å²) in [5.41, 5.74) is 2.24. The van der Waals surface area contributed by atoms with Gasteiger partial charge < -0.3 is 14.5 Å². The molecule has 1 fully saturated rings. The van der Waals surface area contributed by atoms with E-state index in [-0.39, 0.29) is 34.0 Å². The van der Waals surface area contributed by atoms with E-state index in [2.05, 4.69) is 0 Å². The lowest BCUT2D eigenvalue weighted by atomic mass is 10.1. The monoisotopic (exact) mass is 484 g/mol. The molecular formula is C22H26Cl2N2O4S. The van der Waals surface area contributed by atoms with E-state index in [1.54, 1.807) is 4.90 Å². The molecule has 0 N–H and O–H groups in total. The fourth-order valence-electron chi connectivity index (χ4n) is 3.62. The first-order chi connectivity index (χ1) is 14.6. The van der Waals surface area contributed by atoms with E-state index in [0.717, 1.165) is 11.3 Å². The van der Waals surface area contributed by atoms with Gasteiger partial charge in [0, 0.05) is 37.9 Å². The van der Waals surface area contributed by atoms with Gasteiger partial charge in [0.2, 0.25) is 0 Å². The van der Waals surface area contributed by atoms with Crippen LogP contribution in [0.15, 0.2) is 36.4 Å². The largest absolute Gasteiger partial charge is 0.491 e. The van der Waals surface area contributed by atoms with Crippen LogP contribution in [0.2, 0.25) is 10.0 Å². The predicted octanol–water partition coefficient (Wildman–Crippen LogP) is 4.29. The zero-order valence-corrected chi connectivity index (χ0v) is 20.1. The van der Waals surface area contributed by atoms with Crippen molar-refractivity contribution in [1.82, 2.24) is 4.90 Å². The Morgan fingerprint density at radius 1 is 1.13 bits per heavy atom. The summed E-state index contributed by atoms with van der Waals surface area (Å²) in [5.74, 6) is 0.0426. The molecule has 0 aromatic heterocycles. The first-order valence-corrected chi connectivity index (χ1v) is 12.6. The Bertz CT molecular complexity index is 1030. The van der Waals surface area contributed by atoms with Crippen molar-refractivity contribution in [1.29, 1.82) is 0 Å². The number of carbonyl (C=O) groups excluding carboxylic acids is 1. The highest BCUT2D eigenvalue weighted by Gasteiger charge is 2.35. The number of anilines is 1. The zero-order valence-electron chi connectivity index (χ0n) is 17.8. The molecule has 0 bridgehead atoms. The topological polar surface area (TPSA) is 66.9 Å². The Morgan fingerprint density at radius 3 is 2.23 bits per heavy atom. The molecule has 0 aliphatic carbocycles. The third kappa shape index (κ3) is 5.64. The summed E-state index contributed by atoms with van der Waals surface area (Å²) >= 11 is 12.6. The molecule has 1 heterocycles. The Kier molecular flexibility index (Phi) is 7.39. The first-order valence-electron chi connectivity index (χ1n) is 10.0. The van der Waals surface area contributed by atoms with Crippen molar-refractivity contribution in [3.63, 3.8) is 0 Å². The lowest BCUT2D eigenvalue weighted by molar-refractivity contribution is 0.0681. The molecule has 1 aliphatic rings. The fraction of sp³-hybridized carbons (Fsp3) is 0.409. The number of sulfone groups is 1. The van der Waals surface area contributed by atoms with Crippen LogP contribution in [-0.4, -0.2) is 57.5 Å². The lowest BCUT2D eigenvalue weighted by Gasteiger charge is -2.29. The molecule has 0 unspecified atom stereocenters. The van der Waals surface area contributed by atoms with E-state index in [4.69, 9.17) is 27.9 Å². The SMILES string of the molecule is CCOc1c(Cl)cc(C(=O)N(Cc2ccc(N(C)C)cc2)[C@H]2CCS(=O)(=O)C2)cc1Cl. The average Bonchev–Trinajstić information content (AvgIpc) is 3.08. The van der Waals surface area contributed by atoms with Gasteiger partial charge in [-0.25, -0.2) is 8.42 Å². The van der Waals surface area contributed by atoms with Crippen LogP contribution in [0.5, 0.6) is 5.75 Å². The number of carbonyl (C=O) groups is 1. The molecule has 6 nitrogen and oxygen atoms in total. The Hall–Kier alpha value is -1.96. The van der Waals surface area contributed by atoms with Gasteiger partial charge in [0.15, 0.2) is 15.6 Å². The van der Waals surface area contributed by atoms with Crippen LogP contribution in [0.3, 0.4) is 0 Å².